The summed E-state index contributed by atoms with van der Waals surface area (Å²) in [6.45, 7) is 4.20. The van der Waals surface area contributed by atoms with Crippen molar-refractivity contribution >= 4 is 16.8 Å². The highest BCUT2D eigenvalue weighted by Gasteiger charge is 2.12. The first kappa shape index (κ1) is 9.45. The Morgan fingerprint density at radius 3 is 2.93 bits per heavy atom. The molecule has 0 aliphatic rings. The number of amides is 1. The molecule has 2 aromatic rings. The van der Waals surface area contributed by atoms with E-state index >= 15 is 0 Å². The van der Waals surface area contributed by atoms with Crippen LogP contribution in [0.15, 0.2) is 36.9 Å². The molecule has 0 spiro atoms. The first-order chi connectivity index (χ1) is 7.24. The Labute approximate surface area is 87.0 Å². The predicted octanol–water partition coefficient (Wildman–Crippen LogP) is 1.32. The highest BCUT2D eigenvalue weighted by Crippen LogP contribution is 2.17. The maximum Gasteiger partial charge on any atom is 0.269 e. The van der Waals surface area contributed by atoms with Gasteiger partial charge < -0.3 is 5.73 Å². The highest BCUT2D eigenvalue weighted by molar-refractivity contribution is 6.04. The normalized spacial score (nSPS) is 10.4. The molecule has 0 radical (unpaired) electrons. The summed E-state index contributed by atoms with van der Waals surface area (Å²) >= 11 is 0. The van der Waals surface area contributed by atoms with E-state index in [0.29, 0.717) is 12.2 Å². The number of hydrogen-bond acceptors (Lipinski definition) is 2. The molecule has 4 heteroatoms. The molecule has 0 aliphatic heterocycles. The van der Waals surface area contributed by atoms with Crippen LogP contribution in [0, 0.1) is 0 Å². The number of rotatable bonds is 3. The van der Waals surface area contributed by atoms with Gasteiger partial charge in [-0.15, -0.1) is 6.58 Å². The van der Waals surface area contributed by atoms with E-state index in [4.69, 9.17) is 5.73 Å². The Hall–Kier alpha value is -2.10. The Balaban J connectivity index is 2.72. The van der Waals surface area contributed by atoms with Crippen LogP contribution in [0.2, 0.25) is 0 Å². The molecule has 76 valence electrons. The van der Waals surface area contributed by atoms with Gasteiger partial charge in [0.2, 0.25) is 0 Å². The van der Waals surface area contributed by atoms with Crippen LogP contribution < -0.4 is 5.73 Å². The van der Waals surface area contributed by atoms with E-state index in [1.165, 1.54) is 0 Å². The minimum absolute atomic E-state index is 0.312. The van der Waals surface area contributed by atoms with Gasteiger partial charge in [0.1, 0.15) is 0 Å². The van der Waals surface area contributed by atoms with Gasteiger partial charge in [0.25, 0.3) is 5.91 Å². The molecule has 0 saturated heterocycles. The Morgan fingerprint density at radius 1 is 1.53 bits per heavy atom. The van der Waals surface area contributed by atoms with Crippen molar-refractivity contribution in [1.29, 1.82) is 0 Å². The van der Waals surface area contributed by atoms with E-state index in [2.05, 4.69) is 11.7 Å². The number of benzene rings is 1. The van der Waals surface area contributed by atoms with Gasteiger partial charge in [0.15, 0.2) is 5.69 Å². The van der Waals surface area contributed by atoms with Gasteiger partial charge in [-0.2, -0.15) is 5.10 Å². The number of fused-ring (bicyclic) bond motifs is 1. The lowest BCUT2D eigenvalue weighted by Gasteiger charge is -1.96. The van der Waals surface area contributed by atoms with Gasteiger partial charge in [0, 0.05) is 5.39 Å². The quantitative estimate of drug-likeness (QED) is 0.761. The average molecular weight is 201 g/mol. The lowest BCUT2D eigenvalue weighted by atomic mass is 10.2. The molecule has 1 amide bonds. The van der Waals surface area contributed by atoms with Crippen molar-refractivity contribution in [1.82, 2.24) is 9.78 Å². The molecule has 1 aromatic carbocycles. The average Bonchev–Trinajstić information content (AvgIpc) is 2.59. The van der Waals surface area contributed by atoms with Gasteiger partial charge in [-0.1, -0.05) is 24.3 Å². The van der Waals surface area contributed by atoms with Crippen LogP contribution in [0.5, 0.6) is 0 Å². The number of nitrogens with zero attached hydrogens (tertiary/aromatic N) is 2. The third-order valence-electron chi connectivity index (χ3n) is 2.19. The fourth-order valence-corrected chi connectivity index (χ4v) is 1.57. The number of aromatic nitrogens is 2. The fraction of sp³-hybridized carbons (Fsp3) is 0.0909. The Bertz CT molecular complexity index is 528. The fourth-order valence-electron chi connectivity index (χ4n) is 1.57. The molecule has 0 bridgehead atoms. The third-order valence-corrected chi connectivity index (χ3v) is 2.19. The Kier molecular flexibility index (Phi) is 2.25. The maximum absolute atomic E-state index is 11.2. The van der Waals surface area contributed by atoms with Gasteiger partial charge in [-0.25, -0.2) is 0 Å². The second kappa shape index (κ2) is 3.57. The molecule has 0 aliphatic carbocycles. The second-order valence-corrected chi connectivity index (χ2v) is 3.20. The third kappa shape index (κ3) is 1.50. The smallest absolute Gasteiger partial charge is 0.269 e. The zero-order valence-corrected chi connectivity index (χ0v) is 8.18. The summed E-state index contributed by atoms with van der Waals surface area (Å²) in [4.78, 5) is 11.2. The molecule has 0 saturated carbocycles. The number of carbonyl (C=O) groups excluding carboxylic acids is 1. The summed E-state index contributed by atoms with van der Waals surface area (Å²) in [5.41, 5.74) is 6.46. The number of hydrogen-bond donors (Lipinski definition) is 1. The molecule has 4 nitrogen and oxygen atoms in total. The van der Waals surface area contributed by atoms with Crippen molar-refractivity contribution in [3.05, 3.63) is 42.6 Å². The molecular weight excluding hydrogens is 190 g/mol. The van der Waals surface area contributed by atoms with E-state index < -0.39 is 5.91 Å². The molecule has 15 heavy (non-hydrogen) atoms. The van der Waals surface area contributed by atoms with E-state index in [-0.39, 0.29) is 0 Å². The lowest BCUT2D eigenvalue weighted by molar-refractivity contribution is 0.0996. The van der Waals surface area contributed by atoms with Crippen LogP contribution in [0.25, 0.3) is 10.9 Å². The van der Waals surface area contributed by atoms with Crippen molar-refractivity contribution in [2.75, 3.05) is 0 Å². The molecular formula is C11H11N3O. The van der Waals surface area contributed by atoms with E-state index in [9.17, 15) is 4.79 Å². The predicted molar refractivity (Wildman–Crippen MR) is 58.4 cm³/mol. The summed E-state index contributed by atoms with van der Waals surface area (Å²) in [7, 11) is 0. The first-order valence-corrected chi connectivity index (χ1v) is 4.60. The van der Waals surface area contributed by atoms with Crippen LogP contribution in [0.4, 0.5) is 0 Å². The number of allylic oxidation sites excluding steroid dienone is 1. The van der Waals surface area contributed by atoms with Crippen LogP contribution in [0.3, 0.4) is 0 Å². The second-order valence-electron chi connectivity index (χ2n) is 3.20. The molecule has 2 rings (SSSR count). The molecule has 2 N–H and O–H groups in total. The minimum Gasteiger partial charge on any atom is -0.364 e. The van der Waals surface area contributed by atoms with Gasteiger partial charge >= 0.3 is 0 Å². The molecule has 1 aromatic heterocycles. The van der Waals surface area contributed by atoms with E-state index in [1.807, 2.05) is 24.3 Å². The lowest BCUT2D eigenvalue weighted by Crippen LogP contribution is -2.12. The highest BCUT2D eigenvalue weighted by atomic mass is 16.1. The first-order valence-electron chi connectivity index (χ1n) is 4.60. The zero-order chi connectivity index (χ0) is 10.8. The topological polar surface area (TPSA) is 60.9 Å². The standard InChI is InChI=1S/C11H11N3O/c1-2-7-14-9-6-4-3-5-8(9)10(13-14)11(12)15/h2-6H,1,7H2,(H2,12,15). The maximum atomic E-state index is 11.2. The monoisotopic (exact) mass is 201 g/mol. The van der Waals surface area contributed by atoms with Crippen LogP contribution in [-0.4, -0.2) is 15.7 Å². The number of para-hydroxylation sites is 1. The van der Waals surface area contributed by atoms with Crippen molar-refractivity contribution in [2.24, 2.45) is 5.73 Å². The van der Waals surface area contributed by atoms with Gasteiger partial charge in [-0.05, 0) is 6.07 Å². The number of primary amides is 1. The molecule has 0 fully saturated rings. The van der Waals surface area contributed by atoms with Crippen LogP contribution >= 0.6 is 0 Å². The Morgan fingerprint density at radius 2 is 2.27 bits per heavy atom. The molecule has 0 unspecified atom stereocenters. The largest absolute Gasteiger partial charge is 0.364 e. The SMILES string of the molecule is C=CCn1nc(C(N)=O)c2ccccc21. The minimum atomic E-state index is -0.506. The summed E-state index contributed by atoms with van der Waals surface area (Å²) in [6, 6.07) is 7.49. The van der Waals surface area contributed by atoms with Gasteiger partial charge in [-0.3, -0.25) is 9.48 Å². The molecule has 1 heterocycles. The summed E-state index contributed by atoms with van der Waals surface area (Å²) < 4.78 is 1.71. The van der Waals surface area contributed by atoms with Crippen molar-refractivity contribution in [3.8, 4) is 0 Å². The zero-order valence-electron chi connectivity index (χ0n) is 8.18. The van der Waals surface area contributed by atoms with Crippen molar-refractivity contribution < 1.29 is 4.79 Å². The van der Waals surface area contributed by atoms with Crippen LogP contribution in [-0.2, 0) is 6.54 Å². The van der Waals surface area contributed by atoms with Gasteiger partial charge in [0.05, 0.1) is 12.1 Å². The summed E-state index contributed by atoms with van der Waals surface area (Å²) in [5, 5.41) is 4.93. The van der Waals surface area contributed by atoms with Crippen molar-refractivity contribution in [2.45, 2.75) is 6.54 Å². The summed E-state index contributed by atoms with van der Waals surface area (Å²) in [6.07, 6.45) is 1.73. The van der Waals surface area contributed by atoms with Crippen molar-refractivity contribution in [3.63, 3.8) is 0 Å². The van der Waals surface area contributed by atoms with E-state index in [1.54, 1.807) is 10.8 Å². The summed E-state index contributed by atoms with van der Waals surface area (Å²) in [5.74, 6) is -0.506. The number of carbonyl (C=O) groups is 1. The number of nitrogens with two attached hydrogens (primary N) is 1. The van der Waals surface area contributed by atoms with E-state index in [0.717, 1.165) is 10.9 Å². The van der Waals surface area contributed by atoms with Crippen LogP contribution in [0.1, 0.15) is 10.5 Å². The molecule has 0 atom stereocenters.